The van der Waals surface area contributed by atoms with Crippen LogP contribution in [0.3, 0.4) is 0 Å². The summed E-state index contributed by atoms with van der Waals surface area (Å²) in [5.74, 6) is -1.37. The lowest BCUT2D eigenvalue weighted by Crippen LogP contribution is -2.27. The number of carbonyl (C=O) groups excluding carboxylic acids is 1. The highest BCUT2D eigenvalue weighted by atomic mass is 16.4. The van der Waals surface area contributed by atoms with Gasteiger partial charge in [-0.25, -0.2) is 4.79 Å². The van der Waals surface area contributed by atoms with Crippen molar-refractivity contribution < 1.29 is 14.7 Å². The number of hydrogen-bond acceptors (Lipinski definition) is 4. The molecule has 106 valence electrons. The predicted octanol–water partition coefficient (Wildman–Crippen LogP) is 0.114. The van der Waals surface area contributed by atoms with Crippen LogP contribution in [0.15, 0.2) is 24.5 Å². The molecule has 0 aliphatic carbocycles. The molecule has 0 atom stereocenters. The van der Waals surface area contributed by atoms with E-state index in [9.17, 15) is 9.59 Å². The molecule has 0 aliphatic heterocycles. The Morgan fingerprint density at radius 2 is 2.00 bits per heavy atom. The number of carboxylic acid groups (broad SMARTS) is 1. The molecule has 0 unspecified atom stereocenters. The molecule has 2 heterocycles. The Morgan fingerprint density at radius 3 is 2.60 bits per heavy atom. The van der Waals surface area contributed by atoms with Gasteiger partial charge in [-0.3, -0.25) is 14.2 Å². The lowest BCUT2D eigenvalue weighted by molar-refractivity contribution is -0.122. The molecule has 0 aromatic carbocycles. The van der Waals surface area contributed by atoms with E-state index in [1.54, 1.807) is 4.68 Å². The van der Waals surface area contributed by atoms with Gasteiger partial charge in [-0.1, -0.05) is 0 Å². The van der Waals surface area contributed by atoms with Crippen LogP contribution in [0.4, 0.5) is 0 Å². The zero-order valence-corrected chi connectivity index (χ0v) is 11.0. The summed E-state index contributed by atoms with van der Waals surface area (Å²) in [6.07, 6.45) is 3.29. The van der Waals surface area contributed by atoms with Gasteiger partial charge in [0.15, 0.2) is 5.69 Å². The molecule has 0 spiro atoms. The number of carbonyl (C=O) groups is 2. The average Bonchev–Trinajstić information content (AvgIpc) is 3.04. The van der Waals surface area contributed by atoms with E-state index < -0.39 is 5.97 Å². The highest BCUT2D eigenvalue weighted by molar-refractivity contribution is 5.85. The van der Waals surface area contributed by atoms with Gasteiger partial charge >= 0.3 is 5.97 Å². The summed E-state index contributed by atoms with van der Waals surface area (Å²) in [5, 5.41) is 19.4. The van der Waals surface area contributed by atoms with Crippen molar-refractivity contribution in [2.75, 3.05) is 0 Å². The summed E-state index contributed by atoms with van der Waals surface area (Å²) < 4.78 is 3.05. The van der Waals surface area contributed by atoms with Gasteiger partial charge in [0.25, 0.3) is 0 Å². The Hall–Kier alpha value is -2.64. The second kappa shape index (κ2) is 6.00. The molecule has 2 N–H and O–H groups in total. The summed E-state index contributed by atoms with van der Waals surface area (Å²) in [7, 11) is 0. The smallest absolute Gasteiger partial charge is 0.356 e. The summed E-state index contributed by atoms with van der Waals surface area (Å²) >= 11 is 0. The van der Waals surface area contributed by atoms with Crippen LogP contribution in [-0.2, 0) is 24.4 Å². The normalized spacial score (nSPS) is 10.4. The molecule has 2 aromatic heterocycles. The molecule has 2 aromatic rings. The van der Waals surface area contributed by atoms with Gasteiger partial charge in [-0.2, -0.15) is 10.2 Å². The van der Waals surface area contributed by atoms with Crippen molar-refractivity contribution in [1.29, 1.82) is 0 Å². The largest absolute Gasteiger partial charge is 0.476 e. The van der Waals surface area contributed by atoms with Crippen molar-refractivity contribution in [1.82, 2.24) is 24.9 Å². The third-order valence-corrected chi connectivity index (χ3v) is 2.65. The van der Waals surface area contributed by atoms with Gasteiger partial charge in [-0.05, 0) is 19.1 Å². The Labute approximate surface area is 115 Å². The van der Waals surface area contributed by atoms with Gasteiger partial charge in [0.2, 0.25) is 5.91 Å². The zero-order chi connectivity index (χ0) is 14.5. The second-order valence-corrected chi connectivity index (χ2v) is 4.14. The summed E-state index contributed by atoms with van der Waals surface area (Å²) in [4.78, 5) is 22.3. The maximum atomic E-state index is 11.7. The monoisotopic (exact) mass is 277 g/mol. The van der Waals surface area contributed by atoms with Crippen LogP contribution in [0.1, 0.15) is 23.1 Å². The molecular formula is C12H15N5O3. The fraction of sp³-hybridized carbons (Fsp3) is 0.333. The van der Waals surface area contributed by atoms with E-state index >= 15 is 0 Å². The van der Waals surface area contributed by atoms with Gasteiger partial charge in [0.1, 0.15) is 6.54 Å². The van der Waals surface area contributed by atoms with Crippen molar-refractivity contribution in [3.05, 3.63) is 35.9 Å². The number of aromatic nitrogens is 4. The Bertz CT molecular complexity index is 616. The minimum absolute atomic E-state index is 0.0260. The van der Waals surface area contributed by atoms with Crippen molar-refractivity contribution in [3.63, 3.8) is 0 Å². The van der Waals surface area contributed by atoms with E-state index in [2.05, 4.69) is 15.5 Å². The molecule has 8 heteroatoms. The minimum Gasteiger partial charge on any atom is -0.476 e. The molecule has 1 amide bonds. The molecule has 8 nitrogen and oxygen atoms in total. The van der Waals surface area contributed by atoms with E-state index in [0.29, 0.717) is 6.54 Å². The van der Waals surface area contributed by atoms with Crippen LogP contribution in [0.2, 0.25) is 0 Å². The zero-order valence-electron chi connectivity index (χ0n) is 11.0. The van der Waals surface area contributed by atoms with Crippen molar-refractivity contribution >= 4 is 11.9 Å². The molecule has 0 saturated heterocycles. The van der Waals surface area contributed by atoms with Gasteiger partial charge in [0.05, 0.1) is 12.2 Å². The summed E-state index contributed by atoms with van der Waals surface area (Å²) in [5.41, 5.74) is 0.686. The first-order valence-electron chi connectivity index (χ1n) is 6.14. The van der Waals surface area contributed by atoms with E-state index in [1.807, 2.05) is 19.2 Å². The lowest BCUT2D eigenvalue weighted by atomic mass is 10.4. The predicted molar refractivity (Wildman–Crippen MR) is 68.9 cm³/mol. The maximum absolute atomic E-state index is 11.7. The molecule has 0 radical (unpaired) electrons. The number of hydrogen-bond donors (Lipinski definition) is 2. The van der Waals surface area contributed by atoms with Crippen molar-refractivity contribution in [2.45, 2.75) is 26.6 Å². The molecule has 2 rings (SSSR count). The quantitative estimate of drug-likeness (QED) is 0.780. The summed E-state index contributed by atoms with van der Waals surface area (Å²) in [6, 6.07) is 3.18. The number of aromatic carboxylic acids is 1. The van der Waals surface area contributed by atoms with Gasteiger partial charge in [0, 0.05) is 18.9 Å². The third kappa shape index (κ3) is 3.44. The number of aryl methyl sites for hydroxylation is 1. The molecular weight excluding hydrogens is 262 g/mol. The first kappa shape index (κ1) is 13.8. The van der Waals surface area contributed by atoms with Crippen molar-refractivity contribution in [3.8, 4) is 0 Å². The molecule has 0 fully saturated rings. The van der Waals surface area contributed by atoms with Crippen LogP contribution in [0, 0.1) is 0 Å². The highest BCUT2D eigenvalue weighted by Crippen LogP contribution is 1.97. The minimum atomic E-state index is -1.12. The number of nitrogens with zero attached hydrogens (tertiary/aromatic N) is 4. The van der Waals surface area contributed by atoms with E-state index in [1.165, 1.54) is 16.9 Å². The number of nitrogens with one attached hydrogen (secondary N) is 1. The van der Waals surface area contributed by atoms with Gasteiger partial charge < -0.3 is 10.4 Å². The average molecular weight is 277 g/mol. The SMILES string of the molecule is CCn1ccc(CNC(=O)Cn2ccc(C(=O)O)n2)n1. The Morgan fingerprint density at radius 1 is 1.25 bits per heavy atom. The fourth-order valence-corrected chi connectivity index (χ4v) is 1.63. The van der Waals surface area contributed by atoms with Gasteiger partial charge in [-0.15, -0.1) is 0 Å². The first-order valence-corrected chi connectivity index (χ1v) is 6.14. The van der Waals surface area contributed by atoms with Crippen LogP contribution in [0.25, 0.3) is 0 Å². The molecule has 0 aliphatic rings. The first-order chi connectivity index (χ1) is 9.58. The molecule has 20 heavy (non-hydrogen) atoms. The van der Waals surface area contributed by atoms with Crippen LogP contribution in [-0.4, -0.2) is 36.5 Å². The van der Waals surface area contributed by atoms with Crippen LogP contribution < -0.4 is 5.32 Å². The number of carboxylic acids is 1. The summed E-state index contributed by atoms with van der Waals surface area (Å²) in [6.45, 7) is 3.06. The van der Waals surface area contributed by atoms with Crippen LogP contribution >= 0.6 is 0 Å². The van der Waals surface area contributed by atoms with Crippen LogP contribution in [0.5, 0.6) is 0 Å². The Balaban J connectivity index is 1.84. The number of rotatable bonds is 6. The van der Waals surface area contributed by atoms with E-state index in [-0.39, 0.29) is 18.1 Å². The standard InChI is InChI=1S/C12H15N5O3/c1-2-16-5-3-9(14-16)7-13-11(18)8-17-6-4-10(15-17)12(19)20/h3-6H,2,7-8H2,1H3,(H,13,18)(H,19,20). The molecule has 0 saturated carbocycles. The molecule has 0 bridgehead atoms. The second-order valence-electron chi connectivity index (χ2n) is 4.14. The maximum Gasteiger partial charge on any atom is 0.356 e. The third-order valence-electron chi connectivity index (χ3n) is 2.65. The number of amides is 1. The van der Waals surface area contributed by atoms with E-state index in [0.717, 1.165) is 12.2 Å². The lowest BCUT2D eigenvalue weighted by Gasteiger charge is -2.03. The highest BCUT2D eigenvalue weighted by Gasteiger charge is 2.09. The Kier molecular flexibility index (Phi) is 4.14. The fourth-order valence-electron chi connectivity index (χ4n) is 1.63. The topological polar surface area (TPSA) is 102 Å². The van der Waals surface area contributed by atoms with Crippen molar-refractivity contribution in [2.24, 2.45) is 0 Å². The van der Waals surface area contributed by atoms with E-state index in [4.69, 9.17) is 5.11 Å².